The molecule has 0 aliphatic rings. The fourth-order valence-electron chi connectivity index (χ4n) is 4.67. The molecular weight excluding hydrogens is 472 g/mol. The Bertz CT molecular complexity index is 1620. The van der Waals surface area contributed by atoms with Crippen LogP contribution in [0.15, 0.2) is 89.7 Å². The molecule has 8 heteroatoms. The van der Waals surface area contributed by atoms with E-state index in [0.29, 0.717) is 28.7 Å². The van der Waals surface area contributed by atoms with E-state index in [9.17, 15) is 19.8 Å². The predicted octanol–water partition coefficient (Wildman–Crippen LogP) is 4.17. The number of nitrogens with zero attached hydrogens (tertiary/aromatic N) is 2. The van der Waals surface area contributed by atoms with Crippen molar-refractivity contribution in [3.8, 4) is 17.0 Å². The van der Waals surface area contributed by atoms with E-state index in [2.05, 4.69) is 0 Å². The smallest absolute Gasteiger partial charge is 0.437 e. The number of carbonyl (C=O) groups excluding carboxylic acids is 1. The second kappa shape index (κ2) is 10.3. The van der Waals surface area contributed by atoms with Gasteiger partial charge in [-0.1, -0.05) is 72.8 Å². The maximum atomic E-state index is 14.2. The standard InChI is InChI=1S/C29H26N2O6/c1-36-29(35)37-25-14-8-13-22-23-15-24(20-11-6-3-7-12-20)30(17-21(33)18-32)28(34)27(23)31(26(22)25)16-19-9-4-2-5-10-19/h2-15,21,32-33H,16-18H2,1H3. The summed E-state index contributed by atoms with van der Waals surface area (Å²) in [6, 6.07) is 26.3. The van der Waals surface area contributed by atoms with Gasteiger partial charge in [-0.15, -0.1) is 0 Å². The first-order valence-electron chi connectivity index (χ1n) is 11.8. The molecule has 0 saturated carbocycles. The Labute approximate surface area is 212 Å². The molecule has 3 aromatic carbocycles. The van der Waals surface area contributed by atoms with Crippen molar-refractivity contribution < 1.29 is 24.5 Å². The number of aromatic nitrogens is 2. The van der Waals surface area contributed by atoms with Gasteiger partial charge in [-0.05, 0) is 23.3 Å². The zero-order chi connectivity index (χ0) is 25.9. The number of para-hydroxylation sites is 1. The van der Waals surface area contributed by atoms with Gasteiger partial charge >= 0.3 is 6.16 Å². The molecule has 0 aliphatic carbocycles. The van der Waals surface area contributed by atoms with Gasteiger partial charge in [0.1, 0.15) is 5.52 Å². The minimum atomic E-state index is -1.12. The van der Waals surface area contributed by atoms with Gasteiger partial charge in [0.2, 0.25) is 0 Å². The molecule has 5 aromatic rings. The van der Waals surface area contributed by atoms with E-state index in [4.69, 9.17) is 9.47 Å². The Balaban J connectivity index is 1.88. The quantitative estimate of drug-likeness (QED) is 0.258. The van der Waals surface area contributed by atoms with Crippen LogP contribution in [-0.4, -0.2) is 45.3 Å². The second-order valence-corrected chi connectivity index (χ2v) is 8.69. The number of hydrogen-bond donors (Lipinski definition) is 2. The predicted molar refractivity (Wildman–Crippen MR) is 141 cm³/mol. The summed E-state index contributed by atoms with van der Waals surface area (Å²) in [6.45, 7) is -0.235. The van der Waals surface area contributed by atoms with Crippen molar-refractivity contribution in [3.05, 3.63) is 101 Å². The van der Waals surface area contributed by atoms with E-state index < -0.39 is 18.9 Å². The van der Waals surface area contributed by atoms with Crippen molar-refractivity contribution >= 4 is 28.0 Å². The van der Waals surface area contributed by atoms with E-state index >= 15 is 0 Å². The molecule has 5 rings (SSSR count). The molecule has 2 heterocycles. The van der Waals surface area contributed by atoms with Gasteiger partial charge in [0, 0.05) is 17.3 Å². The Morgan fingerprint density at radius 3 is 2.27 bits per heavy atom. The lowest BCUT2D eigenvalue weighted by Crippen LogP contribution is -2.30. The highest BCUT2D eigenvalue weighted by molar-refractivity contribution is 6.11. The highest BCUT2D eigenvalue weighted by Crippen LogP contribution is 2.36. The monoisotopic (exact) mass is 498 g/mol. The summed E-state index contributed by atoms with van der Waals surface area (Å²) >= 11 is 0. The van der Waals surface area contributed by atoms with E-state index in [-0.39, 0.29) is 17.9 Å². The molecule has 1 atom stereocenters. The zero-order valence-electron chi connectivity index (χ0n) is 20.2. The van der Waals surface area contributed by atoms with Crippen LogP contribution < -0.4 is 10.3 Å². The minimum Gasteiger partial charge on any atom is -0.437 e. The maximum absolute atomic E-state index is 14.2. The topological polar surface area (TPSA) is 103 Å². The molecule has 0 fully saturated rings. The van der Waals surface area contributed by atoms with E-state index in [1.165, 1.54) is 11.7 Å². The third-order valence-corrected chi connectivity index (χ3v) is 6.32. The number of carbonyl (C=O) groups is 1. The van der Waals surface area contributed by atoms with Gasteiger partial charge < -0.3 is 28.8 Å². The highest BCUT2D eigenvalue weighted by Gasteiger charge is 2.23. The molecule has 0 saturated heterocycles. The minimum absolute atomic E-state index is 0.0894. The number of benzene rings is 3. The van der Waals surface area contributed by atoms with Crippen LogP contribution >= 0.6 is 0 Å². The molecule has 1 unspecified atom stereocenters. The summed E-state index contributed by atoms with van der Waals surface area (Å²) < 4.78 is 13.5. The van der Waals surface area contributed by atoms with Crippen LogP contribution in [0.1, 0.15) is 5.56 Å². The molecule has 37 heavy (non-hydrogen) atoms. The lowest BCUT2D eigenvalue weighted by Gasteiger charge is -2.17. The van der Waals surface area contributed by atoms with Crippen molar-refractivity contribution in [2.45, 2.75) is 19.2 Å². The van der Waals surface area contributed by atoms with E-state index in [1.807, 2.05) is 77.4 Å². The summed E-state index contributed by atoms with van der Waals surface area (Å²) in [5.74, 6) is 0.263. The number of aliphatic hydroxyl groups is 2. The number of ether oxygens (including phenoxy) is 2. The Kier molecular flexibility index (Phi) is 6.76. The first kappa shape index (κ1) is 24.3. The Morgan fingerprint density at radius 1 is 0.892 bits per heavy atom. The Hall–Kier alpha value is -4.40. The maximum Gasteiger partial charge on any atom is 0.513 e. The third-order valence-electron chi connectivity index (χ3n) is 6.32. The van der Waals surface area contributed by atoms with Crippen molar-refractivity contribution in [3.63, 3.8) is 0 Å². The average molecular weight is 499 g/mol. The van der Waals surface area contributed by atoms with Crippen LogP contribution in [0.2, 0.25) is 0 Å². The van der Waals surface area contributed by atoms with Gasteiger partial charge in [-0.3, -0.25) is 4.79 Å². The molecule has 0 bridgehead atoms. The fourth-order valence-corrected chi connectivity index (χ4v) is 4.67. The van der Waals surface area contributed by atoms with Crippen molar-refractivity contribution in [1.82, 2.24) is 9.13 Å². The average Bonchev–Trinajstić information content (AvgIpc) is 3.25. The third kappa shape index (κ3) is 4.60. The zero-order valence-corrected chi connectivity index (χ0v) is 20.2. The van der Waals surface area contributed by atoms with Gasteiger partial charge in [0.25, 0.3) is 5.56 Å². The van der Waals surface area contributed by atoms with E-state index in [1.54, 1.807) is 12.1 Å². The lowest BCUT2D eigenvalue weighted by atomic mass is 10.1. The van der Waals surface area contributed by atoms with Crippen LogP contribution in [0.4, 0.5) is 4.79 Å². The van der Waals surface area contributed by atoms with Crippen LogP contribution in [0.3, 0.4) is 0 Å². The molecular formula is C29H26N2O6. The van der Waals surface area contributed by atoms with Crippen LogP contribution in [0.5, 0.6) is 5.75 Å². The fraction of sp³-hybridized carbons (Fsp3) is 0.172. The summed E-state index contributed by atoms with van der Waals surface area (Å²) in [6.07, 6.45) is -1.99. The number of methoxy groups -OCH3 is 1. The first-order valence-corrected chi connectivity index (χ1v) is 11.8. The Morgan fingerprint density at radius 2 is 1.59 bits per heavy atom. The molecule has 0 spiro atoms. The van der Waals surface area contributed by atoms with Crippen molar-refractivity contribution in [1.29, 1.82) is 0 Å². The van der Waals surface area contributed by atoms with Gasteiger partial charge in [-0.25, -0.2) is 4.79 Å². The van der Waals surface area contributed by atoms with Gasteiger partial charge in [0.05, 0.1) is 37.6 Å². The van der Waals surface area contributed by atoms with Crippen LogP contribution in [0.25, 0.3) is 33.1 Å². The number of fused-ring (bicyclic) bond motifs is 3. The normalized spacial score (nSPS) is 12.1. The largest absolute Gasteiger partial charge is 0.513 e. The first-order chi connectivity index (χ1) is 18.0. The molecule has 188 valence electrons. The molecule has 2 N–H and O–H groups in total. The van der Waals surface area contributed by atoms with Crippen LogP contribution in [0, 0.1) is 0 Å². The SMILES string of the molecule is COC(=O)Oc1cccc2c3cc(-c4ccccc4)n(CC(O)CO)c(=O)c3n(Cc3ccccc3)c12. The number of rotatable bonds is 7. The lowest BCUT2D eigenvalue weighted by molar-refractivity contribution is 0.0809. The number of hydrogen-bond acceptors (Lipinski definition) is 6. The molecule has 0 aliphatic heterocycles. The van der Waals surface area contributed by atoms with Gasteiger partial charge in [0.15, 0.2) is 5.75 Å². The number of aliphatic hydroxyl groups excluding tert-OH is 2. The second-order valence-electron chi connectivity index (χ2n) is 8.69. The summed E-state index contributed by atoms with van der Waals surface area (Å²) in [5, 5.41) is 21.3. The highest BCUT2D eigenvalue weighted by atomic mass is 16.7. The molecule has 2 aromatic heterocycles. The number of pyridine rings is 1. The van der Waals surface area contributed by atoms with Crippen molar-refractivity contribution in [2.75, 3.05) is 13.7 Å². The molecule has 0 radical (unpaired) electrons. The molecule has 8 nitrogen and oxygen atoms in total. The summed E-state index contributed by atoms with van der Waals surface area (Å²) in [7, 11) is 1.24. The molecule has 0 amide bonds. The van der Waals surface area contributed by atoms with Gasteiger partial charge in [-0.2, -0.15) is 0 Å². The summed E-state index contributed by atoms with van der Waals surface area (Å²) in [5.41, 5.74) is 2.97. The van der Waals surface area contributed by atoms with Crippen LogP contribution in [-0.2, 0) is 17.8 Å². The van der Waals surface area contributed by atoms with Crippen molar-refractivity contribution in [2.24, 2.45) is 0 Å². The van der Waals surface area contributed by atoms with E-state index in [0.717, 1.165) is 16.5 Å². The summed E-state index contributed by atoms with van der Waals surface area (Å²) in [4.78, 5) is 26.2.